The molecule has 0 bridgehead atoms. The Kier molecular flexibility index (Phi) is 10.0. The van der Waals surface area contributed by atoms with E-state index in [1.807, 2.05) is 19.9 Å². The van der Waals surface area contributed by atoms with Crippen LogP contribution in [0.3, 0.4) is 0 Å². The number of nitrogens with zero attached hydrogens (tertiary/aromatic N) is 2. The number of aliphatic imine (C=N–C) groups is 1. The van der Waals surface area contributed by atoms with E-state index < -0.39 is 5.60 Å². The van der Waals surface area contributed by atoms with Crippen molar-refractivity contribution in [3.63, 3.8) is 0 Å². The van der Waals surface area contributed by atoms with E-state index in [9.17, 15) is 5.11 Å². The van der Waals surface area contributed by atoms with E-state index >= 15 is 0 Å². The molecule has 0 amide bonds. The van der Waals surface area contributed by atoms with Crippen molar-refractivity contribution < 1.29 is 9.52 Å². The number of halogens is 1. The van der Waals surface area contributed by atoms with Gasteiger partial charge in [-0.1, -0.05) is 13.8 Å². The van der Waals surface area contributed by atoms with E-state index in [1.165, 1.54) is 0 Å². The minimum atomic E-state index is -1.09. The number of hydrogen-bond donors (Lipinski definition) is 3. The Labute approximate surface area is 169 Å². The highest BCUT2D eigenvalue weighted by Gasteiger charge is 2.27. The minimum absolute atomic E-state index is 0. The van der Waals surface area contributed by atoms with Gasteiger partial charge in [0.1, 0.15) is 17.1 Å². The van der Waals surface area contributed by atoms with Crippen LogP contribution in [0.5, 0.6) is 0 Å². The van der Waals surface area contributed by atoms with Crippen LogP contribution in [0, 0.1) is 12.3 Å². The fraction of sp³-hybridized carbons (Fsp3) is 0.722. The summed E-state index contributed by atoms with van der Waals surface area (Å²) in [7, 11) is 4.13. The van der Waals surface area contributed by atoms with Gasteiger partial charge in [0.2, 0.25) is 0 Å². The lowest BCUT2D eigenvalue weighted by Crippen LogP contribution is -2.45. The SMILES string of the molecule is CCNC(=NCC(C)(C)CN(C)C)NCC(C)(O)c1ccc(C)o1.I. The molecule has 1 atom stereocenters. The predicted molar refractivity (Wildman–Crippen MR) is 115 cm³/mol. The second-order valence-corrected chi connectivity index (χ2v) is 7.63. The Morgan fingerprint density at radius 3 is 2.36 bits per heavy atom. The quantitative estimate of drug-likeness (QED) is 0.312. The zero-order valence-corrected chi connectivity index (χ0v) is 19.0. The van der Waals surface area contributed by atoms with Gasteiger partial charge in [0.25, 0.3) is 0 Å². The predicted octanol–water partition coefficient (Wildman–Crippen LogP) is 2.56. The third-order valence-electron chi connectivity index (χ3n) is 3.62. The maximum Gasteiger partial charge on any atom is 0.191 e. The van der Waals surface area contributed by atoms with E-state index in [2.05, 4.69) is 48.5 Å². The maximum atomic E-state index is 10.6. The first-order chi connectivity index (χ1) is 11.1. The van der Waals surface area contributed by atoms with Gasteiger partial charge in [-0.15, -0.1) is 24.0 Å². The van der Waals surface area contributed by atoms with Gasteiger partial charge in [0.05, 0.1) is 6.54 Å². The summed E-state index contributed by atoms with van der Waals surface area (Å²) in [5.74, 6) is 2.04. The standard InChI is InChI=1S/C18H34N4O2.HI/c1-8-19-16(20-11-17(3,4)13-22(6)7)21-12-18(5,23)15-10-9-14(2)24-15;/h9-10,23H,8,11-13H2,1-7H3,(H2,19,20,21);1H. The number of aryl methyl sites for hydroxylation is 1. The molecular formula is C18H35IN4O2. The third kappa shape index (κ3) is 8.91. The molecule has 0 aliphatic heterocycles. The van der Waals surface area contributed by atoms with Gasteiger partial charge >= 0.3 is 0 Å². The number of hydrogen-bond acceptors (Lipinski definition) is 4. The van der Waals surface area contributed by atoms with Gasteiger partial charge in [-0.3, -0.25) is 4.99 Å². The molecule has 0 fully saturated rings. The second kappa shape index (κ2) is 10.4. The van der Waals surface area contributed by atoms with Gasteiger partial charge in [-0.2, -0.15) is 0 Å². The van der Waals surface area contributed by atoms with E-state index in [1.54, 1.807) is 13.0 Å². The zero-order chi connectivity index (χ0) is 18.4. The van der Waals surface area contributed by atoms with Crippen molar-refractivity contribution in [2.45, 2.75) is 40.2 Å². The summed E-state index contributed by atoms with van der Waals surface area (Å²) in [6, 6.07) is 3.66. The van der Waals surface area contributed by atoms with Gasteiger partial charge in [0, 0.05) is 19.6 Å². The molecule has 1 aromatic heterocycles. The fourth-order valence-corrected chi connectivity index (χ4v) is 2.61. The molecule has 1 aromatic rings. The lowest BCUT2D eigenvalue weighted by molar-refractivity contribution is 0.0378. The van der Waals surface area contributed by atoms with Crippen LogP contribution in [0.4, 0.5) is 0 Å². The molecule has 1 rings (SSSR count). The van der Waals surface area contributed by atoms with Crippen molar-refractivity contribution in [2.24, 2.45) is 10.4 Å². The molecule has 0 saturated carbocycles. The summed E-state index contributed by atoms with van der Waals surface area (Å²) in [4.78, 5) is 6.83. The number of aliphatic hydroxyl groups is 1. The second-order valence-electron chi connectivity index (χ2n) is 7.63. The van der Waals surface area contributed by atoms with Gasteiger partial charge in [-0.05, 0) is 52.4 Å². The van der Waals surface area contributed by atoms with Gasteiger partial charge in [-0.25, -0.2) is 0 Å². The van der Waals surface area contributed by atoms with Crippen LogP contribution >= 0.6 is 24.0 Å². The highest BCUT2D eigenvalue weighted by Crippen LogP contribution is 2.22. The number of guanidine groups is 1. The van der Waals surface area contributed by atoms with Gasteiger partial charge < -0.3 is 25.1 Å². The summed E-state index contributed by atoms with van der Waals surface area (Å²) >= 11 is 0. The first-order valence-electron chi connectivity index (χ1n) is 8.52. The fourth-order valence-electron chi connectivity index (χ4n) is 2.61. The van der Waals surface area contributed by atoms with Crippen molar-refractivity contribution in [3.8, 4) is 0 Å². The largest absolute Gasteiger partial charge is 0.463 e. The van der Waals surface area contributed by atoms with Gasteiger partial charge in [0.15, 0.2) is 5.96 Å². The third-order valence-corrected chi connectivity index (χ3v) is 3.62. The van der Waals surface area contributed by atoms with Crippen molar-refractivity contribution in [1.82, 2.24) is 15.5 Å². The Balaban J connectivity index is 0.00000576. The minimum Gasteiger partial charge on any atom is -0.463 e. The molecule has 6 nitrogen and oxygen atoms in total. The number of rotatable bonds is 8. The van der Waals surface area contributed by atoms with Crippen molar-refractivity contribution in [2.75, 3.05) is 40.3 Å². The molecule has 0 saturated heterocycles. The highest BCUT2D eigenvalue weighted by molar-refractivity contribution is 14.0. The van der Waals surface area contributed by atoms with Crippen LogP contribution in [0.1, 0.15) is 39.2 Å². The lowest BCUT2D eigenvalue weighted by atomic mass is 9.93. The summed E-state index contributed by atoms with van der Waals surface area (Å²) in [5.41, 5.74) is -1.02. The first kappa shape index (κ1) is 24.2. The molecule has 146 valence electrons. The average molecular weight is 466 g/mol. The van der Waals surface area contributed by atoms with Crippen molar-refractivity contribution >= 4 is 29.9 Å². The monoisotopic (exact) mass is 466 g/mol. The van der Waals surface area contributed by atoms with E-state index in [0.717, 1.165) is 18.8 Å². The van der Waals surface area contributed by atoms with E-state index in [-0.39, 0.29) is 29.4 Å². The molecule has 0 radical (unpaired) electrons. The number of furan rings is 1. The molecule has 0 spiro atoms. The Hall–Kier alpha value is -0.800. The maximum absolute atomic E-state index is 10.6. The summed E-state index contributed by atoms with van der Waals surface area (Å²) in [6.07, 6.45) is 0. The average Bonchev–Trinajstić information content (AvgIpc) is 2.88. The Morgan fingerprint density at radius 2 is 1.88 bits per heavy atom. The molecule has 0 aliphatic carbocycles. The van der Waals surface area contributed by atoms with Crippen LogP contribution in [-0.4, -0.2) is 56.2 Å². The molecule has 0 aliphatic rings. The summed E-state index contributed by atoms with van der Waals surface area (Å²) in [6.45, 7) is 12.8. The lowest BCUT2D eigenvalue weighted by Gasteiger charge is -2.27. The van der Waals surface area contributed by atoms with Crippen LogP contribution in [0.15, 0.2) is 21.5 Å². The molecule has 3 N–H and O–H groups in total. The van der Waals surface area contributed by atoms with E-state index in [4.69, 9.17) is 4.42 Å². The summed E-state index contributed by atoms with van der Waals surface area (Å²) in [5, 5.41) is 17.0. The van der Waals surface area contributed by atoms with Crippen LogP contribution in [-0.2, 0) is 5.60 Å². The zero-order valence-electron chi connectivity index (χ0n) is 16.6. The van der Waals surface area contributed by atoms with E-state index in [0.29, 0.717) is 24.8 Å². The topological polar surface area (TPSA) is 73.0 Å². The molecule has 7 heteroatoms. The first-order valence-corrected chi connectivity index (χ1v) is 8.52. The molecule has 1 unspecified atom stereocenters. The molecule has 0 aromatic carbocycles. The van der Waals surface area contributed by atoms with Crippen LogP contribution in [0.25, 0.3) is 0 Å². The number of nitrogens with one attached hydrogen (secondary N) is 2. The van der Waals surface area contributed by atoms with Crippen molar-refractivity contribution in [1.29, 1.82) is 0 Å². The normalized spacial score (nSPS) is 14.8. The smallest absolute Gasteiger partial charge is 0.191 e. The molecule has 25 heavy (non-hydrogen) atoms. The van der Waals surface area contributed by atoms with Crippen LogP contribution in [0.2, 0.25) is 0 Å². The Morgan fingerprint density at radius 1 is 1.24 bits per heavy atom. The molecular weight excluding hydrogens is 431 g/mol. The Bertz CT molecular complexity index is 539. The molecule has 1 heterocycles. The van der Waals surface area contributed by atoms with Crippen LogP contribution < -0.4 is 10.6 Å². The highest BCUT2D eigenvalue weighted by atomic mass is 127. The van der Waals surface area contributed by atoms with Crippen molar-refractivity contribution in [3.05, 3.63) is 23.7 Å². The summed E-state index contributed by atoms with van der Waals surface area (Å²) < 4.78 is 5.54.